The number of piperidine rings is 1. The van der Waals surface area contributed by atoms with Gasteiger partial charge in [0.1, 0.15) is 17.4 Å². The second-order valence-electron chi connectivity index (χ2n) is 7.97. The summed E-state index contributed by atoms with van der Waals surface area (Å²) < 4.78 is 39.0. The van der Waals surface area contributed by atoms with E-state index in [0.717, 1.165) is 16.5 Å². The molecule has 0 atom stereocenters. The highest BCUT2D eigenvalue weighted by atomic mass is 32.2. The van der Waals surface area contributed by atoms with Gasteiger partial charge in [0.25, 0.3) is 15.6 Å². The van der Waals surface area contributed by atoms with E-state index in [1.807, 2.05) is 29.2 Å². The molecule has 7 nitrogen and oxygen atoms in total. The molecule has 1 aromatic heterocycles. The number of anilines is 1. The minimum Gasteiger partial charge on any atom is -0.370 e. The molecule has 168 valence electrons. The van der Waals surface area contributed by atoms with Gasteiger partial charge in [0.2, 0.25) is 0 Å². The zero-order chi connectivity index (χ0) is 23.6. The van der Waals surface area contributed by atoms with E-state index in [4.69, 9.17) is 6.42 Å². The molecule has 0 amide bonds. The van der Waals surface area contributed by atoms with Crippen molar-refractivity contribution in [3.63, 3.8) is 0 Å². The molecular formula is C24H21FN4O3S. The Hall–Kier alpha value is -3.66. The second-order valence-corrected chi connectivity index (χ2v) is 9.45. The first-order chi connectivity index (χ1) is 15.8. The molecular weight excluding hydrogens is 443 g/mol. The van der Waals surface area contributed by atoms with Crippen LogP contribution in [0.4, 0.5) is 10.1 Å². The van der Waals surface area contributed by atoms with Crippen LogP contribution in [0.1, 0.15) is 29.5 Å². The summed E-state index contributed by atoms with van der Waals surface area (Å²) in [4.78, 5) is 17.4. The highest BCUT2D eigenvalue weighted by Gasteiger charge is 2.26. The van der Waals surface area contributed by atoms with Crippen molar-refractivity contribution in [3.8, 4) is 17.7 Å². The standard InChI is InChI=1S/C24H21FN4O3S/c1-2-33(31,32)28-19-9-11-29(12-10-19)23-20-8-5-17(13-16-3-6-18(25)7-4-16)14-22(20)27-24(30)21(23)15-26/h1,3-8,14,19,28H,9-13H2,(H,27,30). The van der Waals surface area contributed by atoms with E-state index in [-0.39, 0.29) is 17.4 Å². The number of benzene rings is 2. The monoisotopic (exact) mass is 464 g/mol. The molecule has 9 heteroatoms. The fourth-order valence-corrected chi connectivity index (χ4v) is 4.93. The minimum atomic E-state index is -3.76. The molecule has 4 rings (SSSR count). The smallest absolute Gasteiger partial charge is 0.280 e. The average molecular weight is 465 g/mol. The summed E-state index contributed by atoms with van der Waals surface area (Å²) in [6.45, 7) is 0.921. The van der Waals surface area contributed by atoms with Gasteiger partial charge in [0.15, 0.2) is 0 Å². The van der Waals surface area contributed by atoms with Crippen molar-refractivity contribution in [2.45, 2.75) is 25.3 Å². The van der Waals surface area contributed by atoms with Crippen molar-refractivity contribution in [2.24, 2.45) is 0 Å². The Morgan fingerprint density at radius 2 is 1.82 bits per heavy atom. The van der Waals surface area contributed by atoms with Gasteiger partial charge in [-0.25, -0.2) is 9.11 Å². The molecule has 2 heterocycles. The van der Waals surface area contributed by atoms with Crippen LogP contribution in [0.25, 0.3) is 10.9 Å². The summed E-state index contributed by atoms with van der Waals surface area (Å²) >= 11 is 0. The third kappa shape index (κ3) is 4.90. The van der Waals surface area contributed by atoms with Crippen LogP contribution in [-0.2, 0) is 16.4 Å². The largest absolute Gasteiger partial charge is 0.370 e. The van der Waals surface area contributed by atoms with Crippen LogP contribution in [-0.4, -0.2) is 32.5 Å². The SMILES string of the molecule is C#CS(=O)(=O)NC1CCN(c2c(C#N)c(=O)[nH]c3cc(Cc4ccc(F)cc4)ccc23)CC1. The fraction of sp³-hybridized carbons (Fsp3) is 0.250. The van der Waals surface area contributed by atoms with Crippen LogP contribution >= 0.6 is 0 Å². The quantitative estimate of drug-likeness (QED) is 0.565. The van der Waals surface area contributed by atoms with E-state index in [0.29, 0.717) is 43.6 Å². The number of halogens is 1. The number of hydrogen-bond acceptors (Lipinski definition) is 5. The Balaban J connectivity index is 1.65. The maximum absolute atomic E-state index is 13.2. The number of H-pyrrole nitrogens is 1. The van der Waals surface area contributed by atoms with Crippen LogP contribution in [0.3, 0.4) is 0 Å². The summed E-state index contributed by atoms with van der Waals surface area (Å²) in [7, 11) is -3.76. The number of aromatic amines is 1. The predicted octanol–water partition coefficient (Wildman–Crippen LogP) is 2.61. The lowest BCUT2D eigenvalue weighted by Crippen LogP contribution is -2.44. The normalized spacial score (nSPS) is 14.7. The number of nitrogens with one attached hydrogen (secondary N) is 2. The Kier molecular flexibility index (Phi) is 6.19. The molecule has 2 aromatic carbocycles. The molecule has 1 fully saturated rings. The summed E-state index contributed by atoms with van der Waals surface area (Å²) in [6, 6.07) is 13.6. The molecule has 0 spiro atoms. The Morgan fingerprint density at radius 3 is 2.45 bits per heavy atom. The summed E-state index contributed by atoms with van der Waals surface area (Å²) in [6.07, 6.45) is 6.57. The van der Waals surface area contributed by atoms with Gasteiger partial charge in [-0.2, -0.15) is 13.7 Å². The fourth-order valence-electron chi connectivity index (χ4n) is 4.18. The number of nitriles is 1. The highest BCUT2D eigenvalue weighted by molar-refractivity contribution is 7.94. The van der Waals surface area contributed by atoms with Gasteiger partial charge in [-0.05, 0) is 48.6 Å². The number of terminal acetylenes is 1. The second kappa shape index (κ2) is 9.07. The van der Waals surface area contributed by atoms with E-state index < -0.39 is 15.6 Å². The molecule has 0 aliphatic carbocycles. The molecule has 3 aromatic rings. The van der Waals surface area contributed by atoms with E-state index in [9.17, 15) is 22.9 Å². The molecule has 1 aliphatic heterocycles. The van der Waals surface area contributed by atoms with Gasteiger partial charge in [0.05, 0.1) is 11.2 Å². The zero-order valence-electron chi connectivity index (χ0n) is 17.6. The summed E-state index contributed by atoms with van der Waals surface area (Å²) in [5.41, 5.74) is 2.56. The molecule has 0 unspecified atom stereocenters. The molecule has 1 aliphatic rings. The maximum atomic E-state index is 13.2. The average Bonchev–Trinajstić information content (AvgIpc) is 2.80. The zero-order valence-corrected chi connectivity index (χ0v) is 18.5. The van der Waals surface area contributed by atoms with Crippen molar-refractivity contribution in [3.05, 3.63) is 75.3 Å². The van der Waals surface area contributed by atoms with Crippen molar-refractivity contribution in [2.75, 3.05) is 18.0 Å². The first-order valence-electron chi connectivity index (χ1n) is 10.4. The van der Waals surface area contributed by atoms with Crippen LogP contribution < -0.4 is 15.2 Å². The van der Waals surface area contributed by atoms with Gasteiger partial charge in [-0.15, -0.1) is 6.42 Å². The highest BCUT2D eigenvalue weighted by Crippen LogP contribution is 2.31. The molecule has 33 heavy (non-hydrogen) atoms. The minimum absolute atomic E-state index is 0.0245. The van der Waals surface area contributed by atoms with E-state index >= 15 is 0 Å². The number of rotatable bonds is 5. The van der Waals surface area contributed by atoms with Crippen molar-refractivity contribution in [1.82, 2.24) is 9.71 Å². The predicted molar refractivity (Wildman–Crippen MR) is 125 cm³/mol. The number of hydrogen-bond donors (Lipinski definition) is 2. The molecule has 0 saturated carbocycles. The number of pyridine rings is 1. The van der Waals surface area contributed by atoms with E-state index in [1.54, 1.807) is 17.4 Å². The maximum Gasteiger partial charge on any atom is 0.280 e. The number of sulfonamides is 1. The van der Waals surface area contributed by atoms with Crippen molar-refractivity contribution < 1.29 is 12.8 Å². The molecule has 0 bridgehead atoms. The lowest BCUT2D eigenvalue weighted by Gasteiger charge is -2.34. The van der Waals surface area contributed by atoms with Crippen molar-refractivity contribution in [1.29, 1.82) is 5.26 Å². The van der Waals surface area contributed by atoms with E-state index in [2.05, 4.69) is 9.71 Å². The first kappa shape index (κ1) is 22.5. The molecule has 1 saturated heterocycles. The molecule has 2 N–H and O–H groups in total. The van der Waals surface area contributed by atoms with Gasteiger partial charge < -0.3 is 9.88 Å². The number of fused-ring (bicyclic) bond motifs is 1. The van der Waals surface area contributed by atoms with Crippen LogP contribution in [0.15, 0.2) is 47.3 Å². The van der Waals surface area contributed by atoms with Gasteiger partial charge in [-0.3, -0.25) is 4.79 Å². The topological polar surface area (TPSA) is 106 Å². The van der Waals surface area contributed by atoms with Gasteiger partial charge in [0, 0.05) is 29.8 Å². The Labute approximate surface area is 190 Å². The van der Waals surface area contributed by atoms with Crippen LogP contribution in [0.2, 0.25) is 0 Å². The van der Waals surface area contributed by atoms with Crippen molar-refractivity contribution >= 4 is 26.6 Å². The lowest BCUT2D eigenvalue weighted by molar-refractivity contribution is 0.463. The van der Waals surface area contributed by atoms with Gasteiger partial charge in [-0.1, -0.05) is 24.3 Å². The third-order valence-electron chi connectivity index (χ3n) is 5.77. The Morgan fingerprint density at radius 1 is 1.15 bits per heavy atom. The Bertz CT molecular complexity index is 1440. The summed E-state index contributed by atoms with van der Waals surface area (Å²) in [5.74, 6) is -0.300. The van der Waals surface area contributed by atoms with Gasteiger partial charge >= 0.3 is 0 Å². The first-order valence-corrected chi connectivity index (χ1v) is 11.9. The van der Waals surface area contributed by atoms with Crippen LogP contribution in [0, 0.1) is 28.8 Å². The third-order valence-corrected chi connectivity index (χ3v) is 6.73. The van der Waals surface area contributed by atoms with Crippen LogP contribution in [0.5, 0.6) is 0 Å². The van der Waals surface area contributed by atoms with E-state index in [1.165, 1.54) is 12.1 Å². The summed E-state index contributed by atoms with van der Waals surface area (Å²) in [5, 5.41) is 12.1. The molecule has 0 radical (unpaired) electrons. The lowest BCUT2D eigenvalue weighted by atomic mass is 9.99. The number of nitrogens with zero attached hydrogens (tertiary/aromatic N) is 2. The number of aromatic nitrogens is 1.